The lowest BCUT2D eigenvalue weighted by atomic mass is 9.38. The van der Waals surface area contributed by atoms with Crippen molar-refractivity contribution >= 4 is 74.5 Å². The molecule has 4 heterocycles. The van der Waals surface area contributed by atoms with Crippen LogP contribution in [0.4, 0.5) is 11.4 Å². The molecule has 20 rings (SSSR count). The van der Waals surface area contributed by atoms with Crippen molar-refractivity contribution in [2.24, 2.45) is 46.3 Å². The van der Waals surface area contributed by atoms with Crippen LogP contribution in [-0.4, -0.2) is 11.4 Å². The van der Waals surface area contributed by atoms with Crippen LogP contribution in [-0.2, 0) is 10.8 Å². The van der Waals surface area contributed by atoms with E-state index in [-0.39, 0.29) is 12.3 Å². The van der Waals surface area contributed by atoms with Gasteiger partial charge >= 0.3 is 6.85 Å². The lowest BCUT2D eigenvalue weighted by molar-refractivity contribution is -0.175. The molecule has 2 spiro atoms. The highest BCUT2D eigenvalue weighted by atomic mass is 32.2. The molecule has 8 saturated carbocycles. The van der Waals surface area contributed by atoms with Gasteiger partial charge in [0.25, 0.3) is 0 Å². The Bertz CT molecular complexity index is 4150. The molecule has 8 aliphatic carbocycles. The summed E-state index contributed by atoms with van der Waals surface area (Å²) in [5, 5.41) is 3.02. The Hall–Kier alpha value is -5.88. The van der Waals surface area contributed by atoms with E-state index in [1.54, 1.807) is 11.1 Å². The minimum Gasteiger partial charge on any atom is -0.376 e. The first-order valence-electron chi connectivity index (χ1n) is 29.1. The van der Waals surface area contributed by atoms with Crippen LogP contribution in [0.5, 0.6) is 0 Å². The Morgan fingerprint density at radius 2 is 1.09 bits per heavy atom. The van der Waals surface area contributed by atoms with Gasteiger partial charge in [0.2, 0.25) is 0 Å². The highest BCUT2D eigenvalue weighted by molar-refractivity contribution is 8.05. The molecule has 0 N–H and O–H groups in total. The van der Waals surface area contributed by atoms with E-state index in [2.05, 4.69) is 176 Å². The number of aryl methyl sites for hydroxylation is 3. The summed E-state index contributed by atoms with van der Waals surface area (Å²) in [4.78, 5) is 8.25. The van der Waals surface area contributed by atoms with Gasteiger partial charge in [0.1, 0.15) is 0 Å². The Morgan fingerprint density at radius 1 is 0.487 bits per heavy atom. The van der Waals surface area contributed by atoms with Crippen molar-refractivity contribution in [1.82, 2.24) is 4.57 Å². The quantitative estimate of drug-likeness (QED) is 0.159. The van der Waals surface area contributed by atoms with Gasteiger partial charge in [-0.05, 0) is 270 Å². The predicted octanol–water partition coefficient (Wildman–Crippen LogP) is 17.1. The molecular weight excluding hydrogens is 956 g/mol. The van der Waals surface area contributed by atoms with Crippen molar-refractivity contribution in [3.05, 3.63) is 173 Å². The third-order valence-corrected chi connectivity index (χ3v) is 26.7. The summed E-state index contributed by atoms with van der Waals surface area (Å²) >= 11 is 3.91. The molecule has 0 saturated heterocycles. The fourth-order valence-electron chi connectivity index (χ4n) is 21.5. The lowest BCUT2D eigenvalue weighted by Gasteiger charge is -2.66. The number of hydrogen-bond acceptors (Lipinski definition) is 3. The van der Waals surface area contributed by atoms with E-state index in [1.807, 2.05) is 23.5 Å². The van der Waals surface area contributed by atoms with Crippen molar-refractivity contribution in [3.63, 3.8) is 0 Å². The SMILES string of the molecule is Cc1cc(C)c(-c2cc3c4c(c2)-n2c5ccc(C67CC8CC9CC(C6)C98C7)cc5c5cc(C67CC8CC9CC(C6)C98C7)cc(c52)B4N(c2ccc(-c4ccccc4)cc2)c2cc4c(cc2-3)Sc2ccccc2S4)c(C)c1. The molecule has 4 bridgehead atoms. The Morgan fingerprint density at radius 3 is 1.74 bits per heavy atom. The summed E-state index contributed by atoms with van der Waals surface area (Å²) in [5.41, 5.74) is 27.0. The van der Waals surface area contributed by atoms with Crippen molar-refractivity contribution < 1.29 is 0 Å². The second-order valence-corrected chi connectivity index (χ2v) is 29.2. The smallest absolute Gasteiger partial charge is 0.333 e. The molecule has 0 radical (unpaired) electrons. The first-order valence-corrected chi connectivity index (χ1v) is 30.8. The van der Waals surface area contributed by atoms with E-state index in [9.17, 15) is 0 Å². The third-order valence-electron chi connectivity index (χ3n) is 24.1. The molecule has 11 aliphatic rings. The standard InChI is InChI=1S/C71H59BN2S2/c1-38-19-39(2)65(40(3)20-38)43-21-55-54-30-63-64(76-62-12-8-7-11-61(62)75-63)31-59(54)74(52-16-13-42(14-17-52)41-9-5-4-6-10-41)72-57-29-45(69-34-50-25-47-26-51(35-69)71(47,50)37-69)28-56-53-27-44(15-18-58(53)73(67(56)57)60(22-43)66(55)72)68-32-48-23-46-24-49(33-68)70(46,48)36-68/h4-22,27-31,46-51H,23-26,32-37H2,1-3H3. The van der Waals surface area contributed by atoms with Crippen LogP contribution in [0.25, 0.3) is 60.9 Å². The number of benzene rings is 8. The van der Waals surface area contributed by atoms with E-state index in [0.717, 1.165) is 35.5 Å². The summed E-state index contributed by atoms with van der Waals surface area (Å²) in [6.45, 7) is 6.93. The zero-order chi connectivity index (χ0) is 49.5. The molecule has 0 amide bonds. The number of hydrogen-bond donors (Lipinski definition) is 0. The summed E-state index contributed by atoms with van der Waals surface area (Å²) in [7, 11) is 0. The number of anilines is 2. The average Bonchev–Trinajstić information content (AvgIpc) is 2.63. The van der Waals surface area contributed by atoms with E-state index < -0.39 is 0 Å². The molecule has 9 aromatic rings. The highest BCUT2D eigenvalue weighted by Crippen LogP contribution is 2.86. The van der Waals surface area contributed by atoms with Crippen LogP contribution in [0, 0.1) is 67.1 Å². The monoisotopic (exact) mass is 1010 g/mol. The van der Waals surface area contributed by atoms with E-state index in [1.165, 1.54) is 184 Å². The van der Waals surface area contributed by atoms with Crippen LogP contribution in [0.1, 0.15) is 92.0 Å². The van der Waals surface area contributed by atoms with Gasteiger partial charge in [0.15, 0.2) is 0 Å². The van der Waals surface area contributed by atoms with Gasteiger partial charge in [0, 0.05) is 53.0 Å². The van der Waals surface area contributed by atoms with Crippen LogP contribution >= 0.6 is 23.5 Å². The topological polar surface area (TPSA) is 8.17 Å². The number of nitrogens with zero attached hydrogens (tertiary/aromatic N) is 2. The Labute approximate surface area is 455 Å². The normalized spacial score (nSPS) is 31.9. The van der Waals surface area contributed by atoms with Gasteiger partial charge in [-0.3, -0.25) is 0 Å². The summed E-state index contributed by atoms with van der Waals surface area (Å²) in [6, 6.07) is 58.8. The zero-order valence-corrected chi connectivity index (χ0v) is 45.3. The Balaban J connectivity index is 0.896. The maximum absolute atomic E-state index is 2.84. The molecule has 5 heteroatoms. The second kappa shape index (κ2) is 13.7. The molecule has 368 valence electrons. The fourth-order valence-corrected chi connectivity index (χ4v) is 23.8. The molecule has 3 aliphatic heterocycles. The van der Waals surface area contributed by atoms with E-state index in [4.69, 9.17) is 0 Å². The maximum Gasteiger partial charge on any atom is 0.333 e. The minimum atomic E-state index is -0.0243. The second-order valence-electron chi connectivity index (χ2n) is 27.0. The lowest BCUT2D eigenvalue weighted by Crippen LogP contribution is -2.61. The summed E-state index contributed by atoms with van der Waals surface area (Å²) < 4.78 is 2.82. The first kappa shape index (κ1) is 42.2. The molecule has 2 nitrogen and oxygen atoms in total. The molecule has 4 atom stereocenters. The molecular formula is C71H59BN2S2. The largest absolute Gasteiger partial charge is 0.376 e. The van der Waals surface area contributed by atoms with Gasteiger partial charge in [-0.25, -0.2) is 0 Å². The minimum absolute atomic E-state index is 0.0243. The molecule has 76 heavy (non-hydrogen) atoms. The van der Waals surface area contributed by atoms with Crippen molar-refractivity contribution in [2.75, 3.05) is 4.81 Å². The van der Waals surface area contributed by atoms with Crippen LogP contribution in [0.2, 0.25) is 0 Å². The van der Waals surface area contributed by atoms with Gasteiger partial charge in [0.05, 0.1) is 11.0 Å². The van der Waals surface area contributed by atoms with E-state index in [0.29, 0.717) is 16.2 Å². The summed E-state index contributed by atoms with van der Waals surface area (Å²) in [6.07, 6.45) is 14.5. The third kappa shape index (κ3) is 4.83. The van der Waals surface area contributed by atoms with Crippen LogP contribution in [0.3, 0.4) is 0 Å². The van der Waals surface area contributed by atoms with Gasteiger partial charge < -0.3 is 9.38 Å². The number of fused-ring (bicyclic) bond motifs is 11. The van der Waals surface area contributed by atoms with Crippen molar-refractivity contribution in [1.29, 1.82) is 0 Å². The summed E-state index contributed by atoms with van der Waals surface area (Å²) in [5.74, 6) is 5.79. The molecule has 8 fully saturated rings. The molecule has 1 aromatic heterocycles. The highest BCUT2D eigenvalue weighted by Gasteiger charge is 2.78. The van der Waals surface area contributed by atoms with Crippen LogP contribution in [0.15, 0.2) is 165 Å². The van der Waals surface area contributed by atoms with Crippen LogP contribution < -0.4 is 15.7 Å². The maximum atomic E-state index is 2.84. The van der Waals surface area contributed by atoms with Gasteiger partial charge in [-0.1, -0.05) is 108 Å². The molecule has 4 unspecified atom stereocenters. The van der Waals surface area contributed by atoms with Gasteiger partial charge in [-0.2, -0.15) is 0 Å². The first-order chi connectivity index (χ1) is 37.2. The van der Waals surface area contributed by atoms with Gasteiger partial charge in [-0.15, -0.1) is 0 Å². The van der Waals surface area contributed by atoms with Crippen molar-refractivity contribution in [3.8, 4) is 39.1 Å². The number of rotatable bonds is 5. The average molecular weight is 1020 g/mol. The fraction of sp³-hybridized carbons (Fsp3) is 0.324. The van der Waals surface area contributed by atoms with E-state index >= 15 is 0 Å². The van der Waals surface area contributed by atoms with Crippen molar-refractivity contribution in [2.45, 2.75) is 115 Å². The zero-order valence-electron chi connectivity index (χ0n) is 43.7. The number of aromatic nitrogens is 1. The predicted molar refractivity (Wildman–Crippen MR) is 315 cm³/mol. The molecule has 8 aromatic carbocycles. The Kier molecular flexibility index (Phi) is 7.59.